The van der Waals surface area contributed by atoms with Gasteiger partial charge in [0.2, 0.25) is 5.91 Å². The first-order valence-corrected chi connectivity index (χ1v) is 10.6. The number of nitrogens with one attached hydrogen (secondary N) is 1. The highest BCUT2D eigenvalue weighted by Gasteiger charge is 2.32. The van der Waals surface area contributed by atoms with Gasteiger partial charge in [-0.2, -0.15) is 0 Å². The van der Waals surface area contributed by atoms with Gasteiger partial charge in [-0.25, -0.2) is 4.79 Å². The van der Waals surface area contributed by atoms with Crippen molar-refractivity contribution in [1.29, 1.82) is 0 Å². The predicted octanol–water partition coefficient (Wildman–Crippen LogP) is 4.09. The van der Waals surface area contributed by atoms with E-state index in [1.807, 2.05) is 30.3 Å². The summed E-state index contributed by atoms with van der Waals surface area (Å²) in [6, 6.07) is 16.0. The molecule has 1 N–H and O–H groups in total. The highest BCUT2D eigenvalue weighted by Crippen LogP contribution is 2.32. The molecule has 0 aromatic heterocycles. The number of rotatable bonds is 7. The van der Waals surface area contributed by atoms with Crippen molar-refractivity contribution in [3.8, 4) is 0 Å². The second-order valence-corrected chi connectivity index (χ2v) is 8.02. The van der Waals surface area contributed by atoms with Gasteiger partial charge in [0.05, 0.1) is 17.1 Å². The summed E-state index contributed by atoms with van der Waals surface area (Å²) in [6.07, 6.45) is 1.90. The molecule has 1 fully saturated rings. The van der Waals surface area contributed by atoms with Gasteiger partial charge in [-0.3, -0.25) is 14.5 Å². The van der Waals surface area contributed by atoms with Gasteiger partial charge in [-0.15, -0.1) is 0 Å². The Kier molecular flexibility index (Phi) is 7.37. The molecule has 0 aliphatic carbocycles. The summed E-state index contributed by atoms with van der Waals surface area (Å²) < 4.78 is 5.37. The molecule has 0 atom stereocenters. The third-order valence-electron chi connectivity index (χ3n) is 4.21. The van der Waals surface area contributed by atoms with Crippen molar-refractivity contribution in [3.63, 3.8) is 0 Å². The van der Waals surface area contributed by atoms with Gasteiger partial charge >= 0.3 is 5.97 Å². The van der Waals surface area contributed by atoms with Crippen LogP contribution in [-0.2, 0) is 14.3 Å². The fourth-order valence-electron chi connectivity index (χ4n) is 2.73. The fraction of sp³-hybridized carbons (Fsp3) is 0.182. The van der Waals surface area contributed by atoms with Gasteiger partial charge in [0.15, 0.2) is 0 Å². The van der Waals surface area contributed by atoms with Gasteiger partial charge in [-0.1, -0.05) is 54.3 Å². The molecule has 0 saturated carbocycles. The van der Waals surface area contributed by atoms with Crippen molar-refractivity contribution < 1.29 is 19.1 Å². The first-order valence-electron chi connectivity index (χ1n) is 9.35. The molecule has 2 aromatic carbocycles. The van der Waals surface area contributed by atoms with Crippen LogP contribution in [-0.4, -0.2) is 40.2 Å². The van der Waals surface area contributed by atoms with E-state index in [1.54, 1.807) is 37.3 Å². The van der Waals surface area contributed by atoms with E-state index in [-0.39, 0.29) is 24.8 Å². The molecule has 0 bridgehead atoms. The molecule has 0 spiro atoms. The summed E-state index contributed by atoms with van der Waals surface area (Å²) in [5.41, 5.74) is 1.89. The number of amides is 2. The number of anilines is 1. The maximum absolute atomic E-state index is 12.6. The molecule has 1 saturated heterocycles. The minimum Gasteiger partial charge on any atom is -0.462 e. The Bertz CT molecular complexity index is 988. The van der Waals surface area contributed by atoms with Gasteiger partial charge < -0.3 is 10.1 Å². The van der Waals surface area contributed by atoms with Crippen molar-refractivity contribution in [2.24, 2.45) is 0 Å². The molecule has 1 aliphatic heterocycles. The normalized spacial score (nSPS) is 14.8. The first-order chi connectivity index (χ1) is 14.5. The second-order valence-electron chi connectivity index (χ2n) is 6.34. The largest absolute Gasteiger partial charge is 0.462 e. The maximum atomic E-state index is 12.6. The number of benzene rings is 2. The molecule has 3 rings (SSSR count). The zero-order chi connectivity index (χ0) is 21.5. The molecule has 2 aromatic rings. The average molecular weight is 441 g/mol. The molecular formula is C22H20N2O4S2. The van der Waals surface area contributed by atoms with E-state index < -0.39 is 5.97 Å². The number of hydrogen-bond acceptors (Lipinski definition) is 6. The number of nitrogens with zero attached hydrogens (tertiary/aromatic N) is 1. The summed E-state index contributed by atoms with van der Waals surface area (Å²) in [5, 5.41) is 2.75. The quantitative estimate of drug-likeness (QED) is 0.397. The van der Waals surface area contributed by atoms with Gasteiger partial charge in [0.25, 0.3) is 5.91 Å². The van der Waals surface area contributed by atoms with Crippen LogP contribution < -0.4 is 5.32 Å². The minimum absolute atomic E-state index is 0.102. The fourth-order valence-corrected chi connectivity index (χ4v) is 4.04. The third-order valence-corrected chi connectivity index (χ3v) is 5.59. The van der Waals surface area contributed by atoms with Crippen molar-refractivity contribution in [2.45, 2.75) is 13.3 Å². The van der Waals surface area contributed by atoms with Crippen molar-refractivity contribution in [1.82, 2.24) is 4.90 Å². The number of carbonyl (C=O) groups excluding carboxylic acids is 3. The van der Waals surface area contributed by atoms with E-state index in [2.05, 4.69) is 5.32 Å². The van der Waals surface area contributed by atoms with Crippen molar-refractivity contribution in [2.75, 3.05) is 18.5 Å². The van der Waals surface area contributed by atoms with E-state index in [0.29, 0.717) is 27.1 Å². The summed E-state index contributed by atoms with van der Waals surface area (Å²) in [7, 11) is 0. The Morgan fingerprint density at radius 3 is 2.50 bits per heavy atom. The molecule has 0 radical (unpaired) electrons. The number of carbonyl (C=O) groups is 3. The Hall–Kier alpha value is -2.97. The second kappa shape index (κ2) is 10.2. The smallest absolute Gasteiger partial charge is 0.338 e. The lowest BCUT2D eigenvalue weighted by Gasteiger charge is -2.14. The SMILES string of the molecule is CCOC(=O)c1ccc(NC(=O)CCN2C(=O)/C(=C\c3ccccc3)SC2=S)cc1. The van der Waals surface area contributed by atoms with E-state index in [4.69, 9.17) is 17.0 Å². The van der Waals surface area contributed by atoms with Crippen LogP contribution in [0.1, 0.15) is 29.3 Å². The van der Waals surface area contributed by atoms with Crippen LogP contribution in [0, 0.1) is 0 Å². The molecule has 1 heterocycles. The third kappa shape index (κ3) is 5.55. The Labute approximate surface area is 184 Å². The standard InChI is InChI=1S/C22H20N2O4S2/c1-2-28-21(27)16-8-10-17(11-9-16)23-19(25)12-13-24-20(26)18(30-22(24)29)14-15-6-4-3-5-7-15/h3-11,14H,2,12-13H2,1H3,(H,23,25)/b18-14+. The van der Waals surface area contributed by atoms with Crippen LogP contribution in [0.3, 0.4) is 0 Å². The van der Waals surface area contributed by atoms with Crippen LogP contribution in [0.15, 0.2) is 59.5 Å². The maximum Gasteiger partial charge on any atom is 0.338 e. The lowest BCUT2D eigenvalue weighted by atomic mass is 10.2. The summed E-state index contributed by atoms with van der Waals surface area (Å²) >= 11 is 6.54. The number of thiocarbonyl (C=S) groups is 1. The van der Waals surface area contributed by atoms with Crippen LogP contribution >= 0.6 is 24.0 Å². The molecule has 1 aliphatic rings. The van der Waals surface area contributed by atoms with Gasteiger partial charge in [-0.05, 0) is 42.8 Å². The van der Waals surface area contributed by atoms with Crippen LogP contribution in [0.4, 0.5) is 5.69 Å². The van der Waals surface area contributed by atoms with Crippen molar-refractivity contribution in [3.05, 3.63) is 70.6 Å². The number of hydrogen-bond donors (Lipinski definition) is 1. The highest BCUT2D eigenvalue weighted by molar-refractivity contribution is 8.26. The molecule has 0 unspecified atom stereocenters. The zero-order valence-electron chi connectivity index (χ0n) is 16.3. The predicted molar refractivity (Wildman–Crippen MR) is 122 cm³/mol. The van der Waals surface area contributed by atoms with Gasteiger partial charge in [0, 0.05) is 18.7 Å². The Balaban J connectivity index is 1.54. The molecule has 6 nitrogen and oxygen atoms in total. The van der Waals surface area contributed by atoms with Crippen LogP contribution in [0.2, 0.25) is 0 Å². The Morgan fingerprint density at radius 2 is 1.83 bits per heavy atom. The monoisotopic (exact) mass is 440 g/mol. The molecule has 8 heteroatoms. The van der Waals surface area contributed by atoms with E-state index in [9.17, 15) is 14.4 Å². The molecule has 30 heavy (non-hydrogen) atoms. The Morgan fingerprint density at radius 1 is 1.13 bits per heavy atom. The summed E-state index contributed by atoms with van der Waals surface area (Å²) in [6.45, 7) is 2.24. The average Bonchev–Trinajstić information content (AvgIpc) is 3.00. The highest BCUT2D eigenvalue weighted by atomic mass is 32.2. The van der Waals surface area contributed by atoms with E-state index >= 15 is 0 Å². The first kappa shape index (κ1) is 21.7. The number of ether oxygens (including phenoxy) is 1. The number of esters is 1. The minimum atomic E-state index is -0.409. The van der Waals surface area contributed by atoms with Crippen molar-refractivity contribution >= 4 is 57.8 Å². The lowest BCUT2D eigenvalue weighted by molar-refractivity contribution is -0.122. The topological polar surface area (TPSA) is 75.7 Å². The molecule has 154 valence electrons. The zero-order valence-corrected chi connectivity index (χ0v) is 17.9. The van der Waals surface area contributed by atoms with E-state index in [0.717, 1.165) is 5.56 Å². The summed E-state index contributed by atoms with van der Waals surface area (Å²) in [5.74, 6) is -0.853. The van der Waals surface area contributed by atoms with Crippen LogP contribution in [0.25, 0.3) is 6.08 Å². The lowest BCUT2D eigenvalue weighted by Crippen LogP contribution is -2.31. The van der Waals surface area contributed by atoms with Gasteiger partial charge in [0.1, 0.15) is 4.32 Å². The van der Waals surface area contributed by atoms with Crippen LogP contribution in [0.5, 0.6) is 0 Å². The number of thioether (sulfide) groups is 1. The summed E-state index contributed by atoms with van der Waals surface area (Å²) in [4.78, 5) is 38.5. The molecular weight excluding hydrogens is 420 g/mol. The van der Waals surface area contributed by atoms with E-state index in [1.165, 1.54) is 16.7 Å². The molecule has 2 amide bonds.